The predicted molar refractivity (Wildman–Crippen MR) is 87.5 cm³/mol. The summed E-state index contributed by atoms with van der Waals surface area (Å²) in [6, 6.07) is 0. The number of aromatic nitrogens is 2. The Balaban J connectivity index is 1.87. The van der Waals surface area contributed by atoms with Crippen LogP contribution < -0.4 is 5.32 Å². The highest BCUT2D eigenvalue weighted by atomic mass is 16.5. The van der Waals surface area contributed by atoms with Crippen LogP contribution in [0, 0.1) is 5.92 Å². The molecule has 1 heterocycles. The van der Waals surface area contributed by atoms with Gasteiger partial charge in [0, 0.05) is 24.3 Å². The molecule has 7 nitrogen and oxygen atoms in total. The van der Waals surface area contributed by atoms with Gasteiger partial charge in [0.15, 0.2) is 5.82 Å². The van der Waals surface area contributed by atoms with E-state index in [1.165, 1.54) is 12.8 Å². The van der Waals surface area contributed by atoms with Crippen LogP contribution in [0.1, 0.15) is 76.9 Å². The van der Waals surface area contributed by atoms with Crippen molar-refractivity contribution in [2.24, 2.45) is 5.92 Å². The lowest BCUT2D eigenvalue weighted by Crippen LogP contribution is -2.51. The maximum Gasteiger partial charge on any atom is 0.305 e. The van der Waals surface area contributed by atoms with E-state index < -0.39 is 11.5 Å². The lowest BCUT2D eigenvalue weighted by Gasteiger charge is -2.33. The summed E-state index contributed by atoms with van der Waals surface area (Å²) in [5, 5.41) is 15.9. The molecule has 24 heavy (non-hydrogen) atoms. The highest BCUT2D eigenvalue weighted by Crippen LogP contribution is 2.32. The van der Waals surface area contributed by atoms with Gasteiger partial charge in [-0.25, -0.2) is 0 Å². The molecule has 0 spiro atoms. The number of hydrogen-bond donors (Lipinski definition) is 2. The van der Waals surface area contributed by atoms with Gasteiger partial charge >= 0.3 is 5.97 Å². The zero-order valence-corrected chi connectivity index (χ0v) is 14.7. The third-order valence-corrected chi connectivity index (χ3v) is 4.99. The Bertz CT molecular complexity index is 578. The van der Waals surface area contributed by atoms with Crippen LogP contribution in [0.25, 0.3) is 0 Å². The number of amides is 1. The van der Waals surface area contributed by atoms with Crippen molar-refractivity contribution in [1.29, 1.82) is 0 Å². The lowest BCUT2D eigenvalue weighted by atomic mass is 9.85. The minimum absolute atomic E-state index is 0.00919. The number of nitrogens with one attached hydrogen (secondary N) is 1. The van der Waals surface area contributed by atoms with Gasteiger partial charge in [0.2, 0.25) is 11.8 Å². The summed E-state index contributed by atoms with van der Waals surface area (Å²) in [6.45, 7) is 5.55. The van der Waals surface area contributed by atoms with E-state index in [0.29, 0.717) is 18.2 Å². The smallest absolute Gasteiger partial charge is 0.305 e. The van der Waals surface area contributed by atoms with Crippen molar-refractivity contribution in [3.63, 3.8) is 0 Å². The Morgan fingerprint density at radius 3 is 2.62 bits per heavy atom. The third kappa shape index (κ3) is 4.79. The van der Waals surface area contributed by atoms with Crippen LogP contribution in [0.3, 0.4) is 0 Å². The van der Waals surface area contributed by atoms with Crippen LogP contribution in [0.5, 0.6) is 0 Å². The van der Waals surface area contributed by atoms with E-state index in [1.807, 2.05) is 13.8 Å². The highest BCUT2D eigenvalue weighted by molar-refractivity contribution is 5.78. The molecule has 2 N–H and O–H groups in total. The van der Waals surface area contributed by atoms with Gasteiger partial charge < -0.3 is 14.9 Å². The molecule has 1 saturated carbocycles. The molecule has 0 radical (unpaired) electrons. The van der Waals surface area contributed by atoms with E-state index >= 15 is 0 Å². The molecular weight excluding hydrogens is 310 g/mol. The zero-order valence-electron chi connectivity index (χ0n) is 14.7. The number of carboxylic acid groups (broad SMARTS) is 1. The summed E-state index contributed by atoms with van der Waals surface area (Å²) in [6.07, 6.45) is 5.06. The fourth-order valence-electron chi connectivity index (χ4n) is 3.03. The van der Waals surface area contributed by atoms with Crippen molar-refractivity contribution >= 4 is 11.9 Å². The van der Waals surface area contributed by atoms with E-state index in [2.05, 4.69) is 15.5 Å². The third-order valence-electron chi connectivity index (χ3n) is 4.99. The molecule has 1 aliphatic rings. The maximum absolute atomic E-state index is 12.2. The summed E-state index contributed by atoms with van der Waals surface area (Å²) < 4.78 is 5.23. The second-order valence-corrected chi connectivity index (χ2v) is 7.22. The maximum atomic E-state index is 12.2. The Kier molecular flexibility index (Phi) is 5.96. The molecule has 134 valence electrons. The van der Waals surface area contributed by atoms with Crippen LogP contribution in [-0.4, -0.2) is 32.7 Å². The summed E-state index contributed by atoms with van der Waals surface area (Å²) >= 11 is 0. The molecule has 1 amide bonds. The highest BCUT2D eigenvalue weighted by Gasteiger charge is 2.32. The summed E-state index contributed by atoms with van der Waals surface area (Å²) in [5.74, 6) is 0.487. The molecule has 1 fully saturated rings. The van der Waals surface area contributed by atoms with Crippen LogP contribution in [-0.2, 0) is 16.0 Å². The van der Waals surface area contributed by atoms with E-state index in [-0.39, 0.29) is 24.7 Å². The number of carboxylic acids is 1. The molecule has 1 aliphatic carbocycles. The monoisotopic (exact) mass is 337 g/mol. The average Bonchev–Trinajstić information content (AvgIpc) is 3.15. The Morgan fingerprint density at radius 1 is 1.38 bits per heavy atom. The van der Waals surface area contributed by atoms with Gasteiger partial charge in [-0.1, -0.05) is 31.8 Å². The molecule has 7 heteroatoms. The normalized spacial score (nSPS) is 17.8. The molecule has 1 aromatic heterocycles. The predicted octanol–water partition coefficient (Wildman–Crippen LogP) is 2.67. The second kappa shape index (κ2) is 7.77. The van der Waals surface area contributed by atoms with Crippen molar-refractivity contribution in [1.82, 2.24) is 15.5 Å². The number of aliphatic carboxylic acids is 1. The van der Waals surface area contributed by atoms with Crippen LogP contribution in [0.2, 0.25) is 0 Å². The molecule has 1 atom stereocenters. The van der Waals surface area contributed by atoms with Gasteiger partial charge in [0.05, 0.1) is 6.42 Å². The van der Waals surface area contributed by atoms with Gasteiger partial charge in [-0.3, -0.25) is 9.59 Å². The van der Waals surface area contributed by atoms with Crippen molar-refractivity contribution < 1.29 is 19.2 Å². The van der Waals surface area contributed by atoms with Gasteiger partial charge in [0.1, 0.15) is 0 Å². The van der Waals surface area contributed by atoms with Crippen molar-refractivity contribution in [2.75, 3.05) is 0 Å². The Labute approximate surface area is 142 Å². The molecule has 1 unspecified atom stereocenters. The second-order valence-electron chi connectivity index (χ2n) is 7.22. The Hall–Kier alpha value is -1.92. The number of aryl methyl sites for hydroxylation is 1. The SMILES string of the molecule is CC(C)C(C)(CC(=O)O)NC(=O)CCc1nc(C2CCCC2)no1. The lowest BCUT2D eigenvalue weighted by molar-refractivity contribution is -0.139. The summed E-state index contributed by atoms with van der Waals surface area (Å²) in [7, 11) is 0. The largest absolute Gasteiger partial charge is 0.481 e. The topological polar surface area (TPSA) is 105 Å². The minimum Gasteiger partial charge on any atom is -0.481 e. The van der Waals surface area contributed by atoms with E-state index in [4.69, 9.17) is 9.63 Å². The number of hydrogen-bond acceptors (Lipinski definition) is 5. The first-order chi connectivity index (χ1) is 11.3. The van der Waals surface area contributed by atoms with Gasteiger partial charge in [-0.05, 0) is 25.7 Å². The average molecular weight is 337 g/mol. The van der Waals surface area contributed by atoms with Gasteiger partial charge in [0.25, 0.3) is 0 Å². The minimum atomic E-state index is -0.926. The number of rotatable bonds is 8. The van der Waals surface area contributed by atoms with E-state index in [9.17, 15) is 9.59 Å². The molecule has 0 aromatic carbocycles. The summed E-state index contributed by atoms with van der Waals surface area (Å²) in [4.78, 5) is 27.6. The first-order valence-electron chi connectivity index (χ1n) is 8.65. The molecule has 0 bridgehead atoms. The van der Waals surface area contributed by atoms with E-state index in [1.54, 1.807) is 6.92 Å². The van der Waals surface area contributed by atoms with E-state index in [0.717, 1.165) is 18.7 Å². The Morgan fingerprint density at radius 2 is 2.04 bits per heavy atom. The molecule has 1 aromatic rings. The number of nitrogens with zero attached hydrogens (tertiary/aromatic N) is 2. The van der Waals surface area contributed by atoms with Crippen LogP contribution in [0.15, 0.2) is 4.52 Å². The zero-order chi connectivity index (χ0) is 17.7. The van der Waals surface area contributed by atoms with Crippen molar-refractivity contribution in [2.45, 2.75) is 77.2 Å². The van der Waals surface area contributed by atoms with Crippen LogP contribution in [0.4, 0.5) is 0 Å². The quantitative estimate of drug-likeness (QED) is 0.755. The molecule has 0 aliphatic heterocycles. The number of carbonyl (C=O) groups excluding carboxylic acids is 1. The molecule has 2 rings (SSSR count). The first-order valence-corrected chi connectivity index (χ1v) is 8.65. The summed E-state index contributed by atoms with van der Waals surface area (Å²) in [5.41, 5.74) is -0.771. The standard InChI is InChI=1S/C17H27N3O4/c1-11(2)17(3,10-15(22)23)19-13(21)8-9-14-18-16(20-24-14)12-6-4-5-7-12/h11-12H,4-10H2,1-3H3,(H,19,21)(H,22,23). The van der Waals surface area contributed by atoms with Crippen molar-refractivity contribution in [3.05, 3.63) is 11.7 Å². The van der Waals surface area contributed by atoms with Crippen LogP contribution >= 0.6 is 0 Å². The van der Waals surface area contributed by atoms with Crippen molar-refractivity contribution in [3.8, 4) is 0 Å². The van der Waals surface area contributed by atoms with Gasteiger partial charge in [-0.15, -0.1) is 0 Å². The molecule has 0 saturated heterocycles. The van der Waals surface area contributed by atoms with Gasteiger partial charge in [-0.2, -0.15) is 4.98 Å². The fourth-order valence-corrected chi connectivity index (χ4v) is 3.03. The molecular formula is C17H27N3O4. The first kappa shape index (κ1) is 18.4. The fraction of sp³-hybridized carbons (Fsp3) is 0.765. The number of carbonyl (C=O) groups is 2.